The normalized spacial score (nSPS) is 11.8. The molecule has 0 atom stereocenters. The summed E-state index contributed by atoms with van der Waals surface area (Å²) in [6.45, 7) is 0. The molecule has 2 nitrogen and oxygen atoms in total. The number of halogens is 1. The first-order chi connectivity index (χ1) is 9.74. The van der Waals surface area contributed by atoms with Gasteiger partial charge in [-0.3, -0.25) is 0 Å². The predicted molar refractivity (Wildman–Crippen MR) is 85.3 cm³/mol. The Morgan fingerprint density at radius 1 is 0.950 bits per heavy atom. The molecule has 2 aromatic carbocycles. The van der Waals surface area contributed by atoms with Crippen molar-refractivity contribution in [2.45, 2.75) is 0 Å². The lowest BCUT2D eigenvalue weighted by Crippen LogP contribution is -1.97. The van der Waals surface area contributed by atoms with E-state index in [1.165, 1.54) is 0 Å². The maximum atomic E-state index is 6.14. The van der Waals surface area contributed by atoms with Gasteiger partial charge in [0.1, 0.15) is 0 Å². The number of fused-ring (bicyclic) bond motifs is 1. The van der Waals surface area contributed by atoms with Gasteiger partial charge in [0, 0.05) is 21.7 Å². The number of hydrogen-bond donors (Lipinski definition) is 1. The minimum atomic E-state index is 0.610. The van der Waals surface area contributed by atoms with Gasteiger partial charge < -0.3 is 5.73 Å². The van der Waals surface area contributed by atoms with Crippen LogP contribution in [-0.4, -0.2) is 4.98 Å². The van der Waals surface area contributed by atoms with Crippen LogP contribution in [0.25, 0.3) is 22.7 Å². The number of nitrogens with zero attached hydrogens (tertiary/aromatic N) is 1. The summed E-state index contributed by atoms with van der Waals surface area (Å²) in [7, 11) is 0. The highest BCUT2D eigenvalue weighted by atomic mass is 35.5. The molecule has 3 rings (SSSR count). The van der Waals surface area contributed by atoms with E-state index in [0.717, 1.165) is 22.2 Å². The molecule has 1 heterocycles. The van der Waals surface area contributed by atoms with Gasteiger partial charge in [-0.2, -0.15) is 0 Å². The number of para-hydroxylation sites is 1. The van der Waals surface area contributed by atoms with Crippen LogP contribution in [0.5, 0.6) is 0 Å². The Morgan fingerprint density at radius 3 is 2.55 bits per heavy atom. The maximum Gasteiger partial charge on any atom is 0.0709 e. The molecule has 0 saturated heterocycles. The lowest BCUT2D eigenvalue weighted by atomic mass is 10.1. The van der Waals surface area contributed by atoms with Crippen molar-refractivity contribution < 1.29 is 0 Å². The number of benzene rings is 2. The van der Waals surface area contributed by atoms with E-state index in [4.69, 9.17) is 17.3 Å². The second-order valence-electron chi connectivity index (χ2n) is 4.51. The molecule has 0 saturated carbocycles. The van der Waals surface area contributed by atoms with Crippen LogP contribution in [-0.2, 0) is 0 Å². The van der Waals surface area contributed by atoms with Crippen LogP contribution in [0.1, 0.15) is 11.3 Å². The van der Waals surface area contributed by atoms with E-state index in [2.05, 4.69) is 4.98 Å². The van der Waals surface area contributed by atoms with E-state index in [-0.39, 0.29) is 0 Å². The first kappa shape index (κ1) is 12.7. The molecular formula is C17H13ClN2. The van der Waals surface area contributed by atoms with Gasteiger partial charge in [0.15, 0.2) is 0 Å². The molecule has 3 aromatic rings. The number of nitrogens with two attached hydrogens (primary N) is 1. The van der Waals surface area contributed by atoms with Gasteiger partial charge in [-0.15, -0.1) is 0 Å². The third-order valence-electron chi connectivity index (χ3n) is 3.11. The molecule has 0 bridgehead atoms. The largest absolute Gasteiger partial charge is 0.398 e. The Balaban J connectivity index is 2.03. The van der Waals surface area contributed by atoms with E-state index >= 15 is 0 Å². The van der Waals surface area contributed by atoms with E-state index in [9.17, 15) is 0 Å². The zero-order valence-electron chi connectivity index (χ0n) is 10.8. The van der Waals surface area contributed by atoms with Gasteiger partial charge in [-0.05, 0) is 24.3 Å². The second-order valence-corrected chi connectivity index (χ2v) is 4.92. The Bertz CT molecular complexity index is 794. The Kier molecular flexibility index (Phi) is 3.40. The summed E-state index contributed by atoms with van der Waals surface area (Å²) in [5.74, 6) is 0. The van der Waals surface area contributed by atoms with Crippen LogP contribution < -0.4 is 5.73 Å². The van der Waals surface area contributed by atoms with Crippen molar-refractivity contribution in [2.75, 3.05) is 0 Å². The molecule has 0 spiro atoms. The number of pyridine rings is 1. The summed E-state index contributed by atoms with van der Waals surface area (Å²) in [6.07, 6.45) is 1.84. The third kappa shape index (κ3) is 2.51. The summed E-state index contributed by atoms with van der Waals surface area (Å²) in [5.41, 5.74) is 9.31. The number of hydrogen-bond acceptors (Lipinski definition) is 2. The highest BCUT2D eigenvalue weighted by Gasteiger charge is 2.03. The first-order valence-corrected chi connectivity index (χ1v) is 6.70. The van der Waals surface area contributed by atoms with E-state index in [1.54, 1.807) is 0 Å². The molecule has 20 heavy (non-hydrogen) atoms. The van der Waals surface area contributed by atoms with Gasteiger partial charge in [-0.25, -0.2) is 4.98 Å². The molecule has 0 amide bonds. The zero-order valence-corrected chi connectivity index (χ0v) is 11.5. The van der Waals surface area contributed by atoms with Crippen LogP contribution in [0.2, 0.25) is 5.02 Å². The molecule has 0 aliphatic carbocycles. The standard InChI is InChI=1S/C17H13ClN2/c18-15-7-3-2-6-14(15)16(19)11-13-10-9-12-5-1-4-8-17(12)20-13/h1-11H,19H2/b16-11+. The minimum Gasteiger partial charge on any atom is -0.398 e. The lowest BCUT2D eigenvalue weighted by Gasteiger charge is -2.05. The van der Waals surface area contributed by atoms with Crippen molar-refractivity contribution in [1.29, 1.82) is 0 Å². The Hall–Kier alpha value is -2.32. The fourth-order valence-corrected chi connectivity index (χ4v) is 2.34. The van der Waals surface area contributed by atoms with Crippen molar-refractivity contribution in [2.24, 2.45) is 5.73 Å². The molecular weight excluding hydrogens is 268 g/mol. The average Bonchev–Trinajstić information content (AvgIpc) is 2.47. The van der Waals surface area contributed by atoms with Crippen molar-refractivity contribution in [3.05, 3.63) is 76.9 Å². The quantitative estimate of drug-likeness (QED) is 0.758. The molecule has 0 aliphatic heterocycles. The fourth-order valence-electron chi connectivity index (χ4n) is 2.09. The highest BCUT2D eigenvalue weighted by Crippen LogP contribution is 2.22. The van der Waals surface area contributed by atoms with Crippen molar-refractivity contribution in [3.63, 3.8) is 0 Å². The fraction of sp³-hybridized carbons (Fsp3) is 0. The van der Waals surface area contributed by atoms with Crippen LogP contribution in [0.3, 0.4) is 0 Å². The zero-order chi connectivity index (χ0) is 13.9. The van der Waals surface area contributed by atoms with Crippen LogP contribution >= 0.6 is 11.6 Å². The second kappa shape index (κ2) is 5.35. The lowest BCUT2D eigenvalue weighted by molar-refractivity contribution is 1.37. The Morgan fingerprint density at radius 2 is 1.70 bits per heavy atom. The Labute approximate surface area is 122 Å². The van der Waals surface area contributed by atoms with Crippen LogP contribution in [0.15, 0.2) is 60.7 Å². The van der Waals surface area contributed by atoms with Crippen molar-refractivity contribution >= 4 is 34.3 Å². The summed E-state index contributed by atoms with van der Waals surface area (Å²) in [4.78, 5) is 4.57. The summed E-state index contributed by atoms with van der Waals surface area (Å²) >= 11 is 6.14. The smallest absolute Gasteiger partial charge is 0.0709 e. The summed E-state index contributed by atoms with van der Waals surface area (Å²) < 4.78 is 0. The molecule has 0 radical (unpaired) electrons. The molecule has 98 valence electrons. The first-order valence-electron chi connectivity index (χ1n) is 6.32. The number of aromatic nitrogens is 1. The summed E-state index contributed by atoms with van der Waals surface area (Å²) in [5, 5.41) is 1.75. The topological polar surface area (TPSA) is 38.9 Å². The maximum absolute atomic E-state index is 6.14. The SMILES string of the molecule is N/C(=C/c1ccc2ccccc2n1)c1ccccc1Cl. The van der Waals surface area contributed by atoms with Gasteiger partial charge >= 0.3 is 0 Å². The molecule has 3 heteroatoms. The van der Waals surface area contributed by atoms with Gasteiger partial charge in [-0.1, -0.05) is 54.1 Å². The van der Waals surface area contributed by atoms with Gasteiger partial charge in [0.05, 0.1) is 11.2 Å². The average molecular weight is 281 g/mol. The molecule has 2 N–H and O–H groups in total. The third-order valence-corrected chi connectivity index (χ3v) is 3.44. The van der Waals surface area contributed by atoms with Crippen molar-refractivity contribution in [1.82, 2.24) is 4.98 Å². The van der Waals surface area contributed by atoms with Crippen LogP contribution in [0, 0.1) is 0 Å². The molecule has 0 aliphatic rings. The highest BCUT2D eigenvalue weighted by molar-refractivity contribution is 6.32. The minimum absolute atomic E-state index is 0.610. The number of rotatable bonds is 2. The molecule has 1 aromatic heterocycles. The van der Waals surface area contributed by atoms with Gasteiger partial charge in [0.25, 0.3) is 0 Å². The monoisotopic (exact) mass is 280 g/mol. The van der Waals surface area contributed by atoms with E-state index in [0.29, 0.717) is 10.7 Å². The van der Waals surface area contributed by atoms with E-state index in [1.807, 2.05) is 66.7 Å². The predicted octanol–water partition coefficient (Wildman–Crippen LogP) is 4.35. The van der Waals surface area contributed by atoms with E-state index < -0.39 is 0 Å². The molecule has 0 fully saturated rings. The van der Waals surface area contributed by atoms with Gasteiger partial charge in [0.2, 0.25) is 0 Å². The van der Waals surface area contributed by atoms with Crippen LogP contribution in [0.4, 0.5) is 0 Å². The molecule has 0 unspecified atom stereocenters. The van der Waals surface area contributed by atoms with Crippen molar-refractivity contribution in [3.8, 4) is 0 Å². The summed E-state index contributed by atoms with van der Waals surface area (Å²) in [6, 6.07) is 19.5.